The van der Waals surface area contributed by atoms with Crippen LogP contribution in [0.25, 0.3) is 0 Å². The summed E-state index contributed by atoms with van der Waals surface area (Å²) in [4.78, 5) is 32.6. The molecular weight excluding hydrogens is 755 g/mol. The predicted molar refractivity (Wildman–Crippen MR) is 261 cm³/mol. The average molecular weight is 858 g/mol. The van der Waals surface area contributed by atoms with Gasteiger partial charge in [0.2, 0.25) is 0 Å². The molecule has 1 atom stereocenters. The van der Waals surface area contributed by atoms with Crippen molar-refractivity contribution in [2.24, 2.45) is 11.8 Å². The van der Waals surface area contributed by atoms with Gasteiger partial charge in [-0.25, -0.2) is 4.98 Å². The van der Waals surface area contributed by atoms with E-state index in [9.17, 15) is 9.59 Å². The van der Waals surface area contributed by atoms with Crippen LogP contribution in [-0.2, 0) is 25.6 Å². The van der Waals surface area contributed by atoms with Gasteiger partial charge in [-0.3, -0.25) is 9.59 Å². The molecule has 0 bridgehead atoms. The molecule has 0 aliphatic rings. The van der Waals surface area contributed by atoms with Gasteiger partial charge in [0.15, 0.2) is 0 Å². The summed E-state index contributed by atoms with van der Waals surface area (Å²) in [5.74, 6) is 2.14. The fourth-order valence-electron chi connectivity index (χ4n) is 8.87. The summed E-state index contributed by atoms with van der Waals surface area (Å²) >= 11 is 0. The highest BCUT2D eigenvalue weighted by Crippen LogP contribution is 2.22. The molecule has 0 saturated carbocycles. The van der Waals surface area contributed by atoms with Crippen molar-refractivity contribution in [3.63, 3.8) is 0 Å². The number of aryl methyl sites for hydroxylation is 2. The Morgan fingerprint density at radius 3 is 1.23 bits per heavy atom. The second-order valence-corrected chi connectivity index (χ2v) is 19.0. The number of imidazole rings is 1. The van der Waals surface area contributed by atoms with Crippen molar-refractivity contribution in [1.29, 1.82) is 0 Å². The minimum atomic E-state index is 0.00224. The third-order valence-electron chi connectivity index (χ3n) is 13.1. The van der Waals surface area contributed by atoms with E-state index < -0.39 is 0 Å². The molecule has 0 radical (unpaired) electrons. The van der Waals surface area contributed by atoms with Crippen molar-refractivity contribution in [3.8, 4) is 0 Å². The van der Waals surface area contributed by atoms with Crippen LogP contribution in [0.1, 0.15) is 265 Å². The van der Waals surface area contributed by atoms with Crippen LogP contribution < -0.4 is 0 Å². The van der Waals surface area contributed by atoms with Crippen LogP contribution in [-0.4, -0.2) is 59.2 Å². The summed E-state index contributed by atoms with van der Waals surface area (Å²) in [6.45, 7) is 16.6. The molecule has 7 nitrogen and oxygen atoms in total. The van der Waals surface area contributed by atoms with E-state index in [2.05, 4.69) is 55.3 Å². The second-order valence-electron chi connectivity index (χ2n) is 19.0. The largest absolute Gasteiger partial charge is 0.465 e. The highest BCUT2D eigenvalue weighted by Gasteiger charge is 2.15. The maximum Gasteiger partial charge on any atom is 0.305 e. The van der Waals surface area contributed by atoms with E-state index in [-0.39, 0.29) is 11.9 Å². The highest BCUT2D eigenvalue weighted by molar-refractivity contribution is 5.69. The summed E-state index contributed by atoms with van der Waals surface area (Å²) in [6, 6.07) is 0. The zero-order valence-electron chi connectivity index (χ0n) is 41.5. The van der Waals surface area contributed by atoms with Gasteiger partial charge in [0, 0.05) is 31.8 Å². The van der Waals surface area contributed by atoms with Gasteiger partial charge in [-0.1, -0.05) is 188 Å². The van der Waals surface area contributed by atoms with Gasteiger partial charge in [-0.15, -0.1) is 0 Å². The SMILES string of the molecule is CCCCCCCCCC(CCCCCCC)COC(=O)CCCCCN(CCCCCCC(=O)OCC(CCCCCCC)CCCCCCC)CCCn1ccnc1C. The van der Waals surface area contributed by atoms with Crippen LogP contribution in [0.15, 0.2) is 12.4 Å². The number of carbonyl (C=O) groups is 2. The Labute approximate surface area is 379 Å². The Bertz CT molecular complexity index is 1080. The lowest BCUT2D eigenvalue weighted by molar-refractivity contribution is -0.146. The summed E-state index contributed by atoms with van der Waals surface area (Å²) in [7, 11) is 0. The Balaban J connectivity index is 2.42. The molecule has 1 unspecified atom stereocenters. The van der Waals surface area contributed by atoms with Crippen molar-refractivity contribution in [2.75, 3.05) is 32.8 Å². The predicted octanol–water partition coefficient (Wildman–Crippen LogP) is 15.9. The van der Waals surface area contributed by atoms with Gasteiger partial charge in [-0.2, -0.15) is 0 Å². The highest BCUT2D eigenvalue weighted by atomic mass is 16.5. The third-order valence-corrected chi connectivity index (χ3v) is 13.1. The van der Waals surface area contributed by atoms with Crippen molar-refractivity contribution in [2.45, 2.75) is 272 Å². The molecule has 7 heteroatoms. The minimum Gasteiger partial charge on any atom is -0.465 e. The smallest absolute Gasteiger partial charge is 0.305 e. The van der Waals surface area contributed by atoms with Gasteiger partial charge < -0.3 is 18.9 Å². The fourth-order valence-corrected chi connectivity index (χ4v) is 8.87. The summed E-state index contributed by atoms with van der Waals surface area (Å²) in [6.07, 6.45) is 47.3. The standard InChI is InChI=1S/C54H103N3O4/c1-6-10-14-18-19-23-30-39-52(38-29-22-17-13-9-4)49-61-54(59)41-32-26-34-44-56(45-35-46-57-47-42-55-50(57)5)43-33-25-24-31-40-53(58)60-48-51(36-27-20-15-11-7-2)37-28-21-16-12-8-3/h42,47,51-52H,6-41,43-46,48-49H2,1-5H3. The van der Waals surface area contributed by atoms with Gasteiger partial charge >= 0.3 is 11.9 Å². The summed E-state index contributed by atoms with van der Waals surface area (Å²) in [5.41, 5.74) is 0. The zero-order valence-corrected chi connectivity index (χ0v) is 41.5. The number of esters is 2. The maximum atomic E-state index is 12.8. The molecule has 61 heavy (non-hydrogen) atoms. The van der Waals surface area contributed by atoms with Crippen LogP contribution in [0.4, 0.5) is 0 Å². The fraction of sp³-hybridized carbons (Fsp3) is 0.907. The van der Waals surface area contributed by atoms with Gasteiger partial charge in [0.25, 0.3) is 0 Å². The van der Waals surface area contributed by atoms with Crippen molar-refractivity contribution < 1.29 is 19.1 Å². The Morgan fingerprint density at radius 1 is 0.492 bits per heavy atom. The number of hydrogen-bond donors (Lipinski definition) is 0. The lowest BCUT2D eigenvalue weighted by atomic mass is 9.95. The Kier molecular flexibility index (Phi) is 40.6. The molecule has 0 fully saturated rings. The van der Waals surface area contributed by atoms with Crippen molar-refractivity contribution in [1.82, 2.24) is 14.5 Å². The topological polar surface area (TPSA) is 73.7 Å². The van der Waals surface area contributed by atoms with Crippen LogP contribution in [0, 0.1) is 18.8 Å². The molecule has 1 heterocycles. The number of nitrogens with zero attached hydrogens (tertiary/aromatic N) is 3. The molecule has 0 aliphatic heterocycles. The first kappa shape index (κ1) is 57.1. The molecule has 0 spiro atoms. The van der Waals surface area contributed by atoms with E-state index in [4.69, 9.17) is 9.47 Å². The van der Waals surface area contributed by atoms with Gasteiger partial charge in [0.05, 0.1) is 13.2 Å². The Morgan fingerprint density at radius 2 is 0.836 bits per heavy atom. The number of ether oxygens (including phenoxy) is 2. The van der Waals surface area contributed by atoms with E-state index in [0.29, 0.717) is 37.9 Å². The molecule has 0 aliphatic carbocycles. The van der Waals surface area contributed by atoms with Crippen molar-refractivity contribution in [3.05, 3.63) is 18.2 Å². The summed E-state index contributed by atoms with van der Waals surface area (Å²) in [5, 5.41) is 0. The van der Waals surface area contributed by atoms with E-state index in [1.807, 2.05) is 6.20 Å². The molecule has 1 rings (SSSR count). The number of hydrogen-bond acceptors (Lipinski definition) is 6. The second kappa shape index (κ2) is 43.4. The normalized spacial score (nSPS) is 12.2. The van der Waals surface area contributed by atoms with Crippen LogP contribution in [0.3, 0.4) is 0 Å². The zero-order chi connectivity index (χ0) is 44.3. The van der Waals surface area contributed by atoms with E-state index in [1.54, 1.807) is 0 Å². The molecule has 1 aromatic rings. The first-order valence-electron chi connectivity index (χ1n) is 26.9. The number of carbonyl (C=O) groups excluding carboxylic acids is 2. The number of aromatic nitrogens is 2. The monoisotopic (exact) mass is 858 g/mol. The quantitative estimate of drug-likeness (QED) is 0.0480. The molecule has 0 aromatic carbocycles. The van der Waals surface area contributed by atoms with E-state index >= 15 is 0 Å². The van der Waals surface area contributed by atoms with Crippen LogP contribution >= 0.6 is 0 Å². The van der Waals surface area contributed by atoms with Crippen LogP contribution in [0.5, 0.6) is 0 Å². The van der Waals surface area contributed by atoms with Crippen LogP contribution in [0.2, 0.25) is 0 Å². The molecule has 0 N–H and O–H groups in total. The van der Waals surface area contributed by atoms with Gasteiger partial charge in [-0.05, 0) is 96.2 Å². The first-order valence-corrected chi connectivity index (χ1v) is 26.9. The summed E-state index contributed by atoms with van der Waals surface area (Å²) < 4.78 is 14.0. The van der Waals surface area contributed by atoms with E-state index in [0.717, 1.165) is 83.4 Å². The first-order chi connectivity index (χ1) is 29.9. The lowest BCUT2D eigenvalue weighted by Gasteiger charge is -2.22. The number of rotatable bonds is 47. The molecule has 1 aromatic heterocycles. The van der Waals surface area contributed by atoms with Crippen molar-refractivity contribution >= 4 is 11.9 Å². The van der Waals surface area contributed by atoms with Gasteiger partial charge in [0.1, 0.15) is 5.82 Å². The number of unbranched alkanes of at least 4 members (excludes halogenated alkanes) is 23. The average Bonchev–Trinajstić information content (AvgIpc) is 3.67. The Hall–Kier alpha value is -1.89. The lowest BCUT2D eigenvalue weighted by Crippen LogP contribution is -2.28. The molecule has 0 saturated heterocycles. The minimum absolute atomic E-state index is 0.00224. The maximum absolute atomic E-state index is 12.8. The third kappa shape index (κ3) is 36.2. The molecular formula is C54H103N3O4. The molecule has 358 valence electrons. The molecule has 0 amide bonds. The van der Waals surface area contributed by atoms with E-state index in [1.165, 1.54) is 167 Å².